The fourth-order valence-electron chi connectivity index (χ4n) is 3.77. The monoisotopic (exact) mass is 555 g/mol. The fourth-order valence-corrected chi connectivity index (χ4v) is 5.39. The molecule has 1 aliphatic heterocycles. The quantitative estimate of drug-likeness (QED) is 0.275. The maximum absolute atomic E-state index is 13.0. The SMILES string of the molecule is COc1cc2c(cc1Nc1ncc(Cl)c(Nc3ccc(OS(=O)(=O)F)cc3P(C)(C)=O)n1)CNCC2. The van der Waals surface area contributed by atoms with E-state index >= 15 is 0 Å². The van der Waals surface area contributed by atoms with E-state index in [1.165, 1.54) is 43.3 Å². The Morgan fingerprint density at radius 1 is 1.14 bits per heavy atom. The molecule has 0 fully saturated rings. The molecule has 10 nitrogen and oxygen atoms in total. The molecule has 4 rings (SSSR count). The van der Waals surface area contributed by atoms with Crippen LogP contribution >= 0.6 is 18.7 Å². The van der Waals surface area contributed by atoms with Gasteiger partial charge in [0.1, 0.15) is 23.7 Å². The molecule has 0 radical (unpaired) electrons. The normalized spacial score (nSPS) is 13.6. The first-order valence-electron chi connectivity index (χ1n) is 10.7. The second-order valence-electron chi connectivity index (χ2n) is 8.39. The van der Waals surface area contributed by atoms with E-state index in [1.54, 1.807) is 7.11 Å². The van der Waals surface area contributed by atoms with E-state index in [0.29, 0.717) is 17.1 Å². The number of ether oxygens (including phenoxy) is 1. The molecule has 2 aromatic carbocycles. The van der Waals surface area contributed by atoms with Gasteiger partial charge in [-0.15, -0.1) is 0 Å². The average molecular weight is 556 g/mol. The number of anilines is 4. The summed E-state index contributed by atoms with van der Waals surface area (Å²) >= 11 is 6.32. The van der Waals surface area contributed by atoms with Crippen LogP contribution in [0.25, 0.3) is 0 Å². The van der Waals surface area contributed by atoms with Crippen LogP contribution in [-0.2, 0) is 28.0 Å². The second kappa shape index (κ2) is 10.2. The van der Waals surface area contributed by atoms with Crippen molar-refractivity contribution in [2.45, 2.75) is 13.0 Å². The van der Waals surface area contributed by atoms with Gasteiger partial charge >= 0.3 is 10.5 Å². The number of hydrogen-bond donors (Lipinski definition) is 3. The lowest BCUT2D eigenvalue weighted by molar-refractivity contribution is 0.415. The summed E-state index contributed by atoms with van der Waals surface area (Å²) in [5.74, 6) is 0.758. The van der Waals surface area contributed by atoms with Gasteiger partial charge < -0.3 is 29.4 Å². The number of methoxy groups -OCH3 is 1. The van der Waals surface area contributed by atoms with Gasteiger partial charge in [0.05, 0.1) is 24.7 Å². The van der Waals surface area contributed by atoms with Crippen molar-refractivity contribution in [3.63, 3.8) is 0 Å². The Balaban J connectivity index is 1.66. The molecule has 14 heteroatoms. The van der Waals surface area contributed by atoms with E-state index in [-0.39, 0.29) is 27.8 Å². The minimum atomic E-state index is -5.24. The molecule has 1 aromatic heterocycles. The Morgan fingerprint density at radius 3 is 2.61 bits per heavy atom. The lowest BCUT2D eigenvalue weighted by Crippen LogP contribution is -2.23. The number of aromatic nitrogens is 2. The molecule has 0 bridgehead atoms. The van der Waals surface area contributed by atoms with Crippen molar-refractivity contribution in [1.82, 2.24) is 15.3 Å². The smallest absolute Gasteiger partial charge is 0.488 e. The van der Waals surface area contributed by atoms with Gasteiger partial charge in [0.25, 0.3) is 0 Å². The third-order valence-corrected chi connectivity index (χ3v) is 7.60. The van der Waals surface area contributed by atoms with Gasteiger partial charge in [-0.3, -0.25) is 0 Å². The van der Waals surface area contributed by atoms with E-state index in [1.807, 2.05) is 12.1 Å². The maximum atomic E-state index is 13.0. The summed E-state index contributed by atoms with van der Waals surface area (Å²) in [6, 6.07) is 7.78. The van der Waals surface area contributed by atoms with Gasteiger partial charge in [0.15, 0.2) is 5.82 Å². The molecule has 0 atom stereocenters. The molecule has 3 aromatic rings. The van der Waals surface area contributed by atoms with E-state index in [9.17, 15) is 16.9 Å². The minimum Gasteiger partial charge on any atom is -0.495 e. The van der Waals surface area contributed by atoms with E-state index < -0.39 is 17.6 Å². The highest BCUT2D eigenvalue weighted by atomic mass is 35.5. The van der Waals surface area contributed by atoms with Crippen LogP contribution in [-0.4, -0.2) is 45.4 Å². The van der Waals surface area contributed by atoms with E-state index in [0.717, 1.165) is 25.1 Å². The summed E-state index contributed by atoms with van der Waals surface area (Å²) < 4.78 is 57.4. The zero-order chi connectivity index (χ0) is 26.1. The molecule has 0 amide bonds. The van der Waals surface area contributed by atoms with Crippen molar-refractivity contribution in [3.8, 4) is 11.5 Å². The van der Waals surface area contributed by atoms with Gasteiger partial charge in [-0.2, -0.15) is 13.4 Å². The number of rotatable bonds is 8. The second-order valence-corrected chi connectivity index (χ2v) is 12.9. The average Bonchev–Trinajstić information content (AvgIpc) is 2.80. The highest BCUT2D eigenvalue weighted by Gasteiger charge is 2.21. The molecule has 0 saturated carbocycles. The Kier molecular flexibility index (Phi) is 7.42. The van der Waals surface area contributed by atoms with Crippen molar-refractivity contribution < 1.29 is 25.8 Å². The predicted octanol–water partition coefficient (Wildman–Crippen LogP) is 4.11. The number of hydrogen-bond acceptors (Lipinski definition) is 10. The molecule has 192 valence electrons. The van der Waals surface area contributed by atoms with E-state index in [4.69, 9.17) is 16.3 Å². The van der Waals surface area contributed by atoms with Gasteiger partial charge in [0, 0.05) is 11.8 Å². The molecule has 0 unspecified atom stereocenters. The minimum absolute atomic E-state index is 0.182. The number of nitrogens with one attached hydrogen (secondary N) is 3. The van der Waals surface area contributed by atoms with Crippen molar-refractivity contribution in [2.24, 2.45) is 0 Å². The van der Waals surface area contributed by atoms with Crippen LogP contribution in [0.4, 0.5) is 27.0 Å². The molecule has 0 aliphatic carbocycles. The van der Waals surface area contributed by atoms with Crippen LogP contribution < -0.4 is 30.2 Å². The number of fused-ring (bicyclic) bond motifs is 1. The van der Waals surface area contributed by atoms with Crippen molar-refractivity contribution in [1.29, 1.82) is 0 Å². The molecule has 1 aliphatic rings. The van der Waals surface area contributed by atoms with Crippen molar-refractivity contribution in [3.05, 3.63) is 52.7 Å². The zero-order valence-electron chi connectivity index (χ0n) is 19.6. The third-order valence-electron chi connectivity index (χ3n) is 5.40. The summed E-state index contributed by atoms with van der Waals surface area (Å²) in [6.07, 6.45) is 2.30. The first kappa shape index (κ1) is 26.2. The van der Waals surface area contributed by atoms with Crippen LogP contribution in [0.3, 0.4) is 0 Å². The Labute approximate surface area is 213 Å². The van der Waals surface area contributed by atoms with Gasteiger partial charge in [-0.25, -0.2) is 4.98 Å². The fraction of sp³-hybridized carbons (Fsp3) is 0.273. The molecule has 36 heavy (non-hydrogen) atoms. The summed E-state index contributed by atoms with van der Waals surface area (Å²) in [5, 5.41) is 9.89. The molecule has 0 saturated heterocycles. The largest absolute Gasteiger partial charge is 0.495 e. The molecule has 0 spiro atoms. The predicted molar refractivity (Wildman–Crippen MR) is 138 cm³/mol. The van der Waals surface area contributed by atoms with Gasteiger partial charge in [0.2, 0.25) is 5.95 Å². The first-order valence-corrected chi connectivity index (χ1v) is 15.0. The number of nitrogens with zero attached hydrogens (tertiary/aromatic N) is 2. The van der Waals surface area contributed by atoms with Crippen molar-refractivity contribution >= 4 is 57.7 Å². The summed E-state index contributed by atoms with van der Waals surface area (Å²) in [4.78, 5) is 8.68. The van der Waals surface area contributed by atoms with E-state index in [2.05, 4.69) is 30.1 Å². The number of benzene rings is 2. The van der Waals surface area contributed by atoms with Crippen LogP contribution in [0.15, 0.2) is 36.5 Å². The van der Waals surface area contributed by atoms with Crippen molar-refractivity contribution in [2.75, 3.05) is 37.6 Å². The van der Waals surface area contributed by atoms with Gasteiger partial charge in [-0.05, 0) is 67.8 Å². The van der Waals surface area contributed by atoms with Crippen LogP contribution in [0, 0.1) is 0 Å². The Morgan fingerprint density at radius 2 is 1.92 bits per heavy atom. The molecule has 3 N–H and O–H groups in total. The topological polar surface area (TPSA) is 132 Å². The highest BCUT2D eigenvalue weighted by Crippen LogP contribution is 2.40. The van der Waals surface area contributed by atoms with Crippen LogP contribution in [0.5, 0.6) is 11.5 Å². The highest BCUT2D eigenvalue weighted by molar-refractivity contribution is 7.81. The Bertz CT molecular complexity index is 1470. The van der Waals surface area contributed by atoms with Crippen LogP contribution in [0.2, 0.25) is 5.02 Å². The van der Waals surface area contributed by atoms with Crippen LogP contribution in [0.1, 0.15) is 11.1 Å². The lowest BCUT2D eigenvalue weighted by atomic mass is 10.00. The summed E-state index contributed by atoms with van der Waals surface area (Å²) in [5.41, 5.74) is 3.35. The van der Waals surface area contributed by atoms with Gasteiger partial charge in [-0.1, -0.05) is 15.5 Å². The first-order chi connectivity index (χ1) is 16.9. The Hall–Kier alpha value is -2.92. The molecular formula is C22H24ClFN5O5PS. The zero-order valence-corrected chi connectivity index (χ0v) is 22.1. The maximum Gasteiger partial charge on any atom is 0.488 e. The molecular weight excluding hydrogens is 532 g/mol. The summed E-state index contributed by atoms with van der Waals surface area (Å²) in [6.45, 7) is 4.60. The number of halogens is 2. The third kappa shape index (κ3) is 6.25. The molecule has 2 heterocycles. The summed E-state index contributed by atoms with van der Waals surface area (Å²) in [7, 11) is -6.63. The lowest BCUT2D eigenvalue weighted by Gasteiger charge is -2.20. The standard InChI is InChI=1S/C22H24ClFN5O5PS/c1-33-19-9-13-6-7-25-11-14(13)8-18(19)28-22-26-12-16(23)21(29-22)27-17-5-4-15(34-36(24,31)32)10-20(17)35(2,3)30/h4-5,8-10,12,25H,6-7,11H2,1-3H3,(H2,26,27,28,29).